The number of phenols is 1. The molecule has 0 spiro atoms. The number of phenolic OH excluding ortho intramolecular Hbond substituents is 1. The molecular weight excluding hydrogens is 204 g/mol. The number of aliphatic carboxylic acids is 1. The fourth-order valence-electron chi connectivity index (χ4n) is 1.83. The van der Waals surface area contributed by atoms with Crippen molar-refractivity contribution in [3.63, 3.8) is 0 Å². The van der Waals surface area contributed by atoms with Crippen molar-refractivity contribution in [2.24, 2.45) is 0 Å². The van der Waals surface area contributed by atoms with Gasteiger partial charge in [0, 0.05) is 0 Å². The van der Waals surface area contributed by atoms with Gasteiger partial charge in [0.05, 0.1) is 6.42 Å². The molecule has 0 heterocycles. The van der Waals surface area contributed by atoms with Crippen molar-refractivity contribution in [1.29, 1.82) is 0 Å². The van der Waals surface area contributed by atoms with Crippen LogP contribution in [0.25, 0.3) is 0 Å². The molecule has 0 aliphatic carbocycles. The van der Waals surface area contributed by atoms with Crippen LogP contribution in [0.3, 0.4) is 0 Å². The lowest BCUT2D eigenvalue weighted by Gasteiger charge is -2.15. The van der Waals surface area contributed by atoms with Gasteiger partial charge in [-0.3, -0.25) is 4.79 Å². The molecule has 1 rings (SSSR count). The Morgan fingerprint density at radius 2 is 2.19 bits per heavy atom. The van der Waals surface area contributed by atoms with E-state index in [9.17, 15) is 9.90 Å². The highest BCUT2D eigenvalue weighted by molar-refractivity contribution is 5.68. The van der Waals surface area contributed by atoms with E-state index in [0.29, 0.717) is 0 Å². The second-order valence-corrected chi connectivity index (χ2v) is 4.03. The quantitative estimate of drug-likeness (QED) is 0.777. The summed E-state index contributed by atoms with van der Waals surface area (Å²) in [6.07, 6.45) is 3.04. The fourth-order valence-corrected chi connectivity index (χ4v) is 1.83. The zero-order valence-electron chi connectivity index (χ0n) is 9.52. The molecule has 0 aliphatic heterocycles. The Labute approximate surface area is 95.7 Å². The first-order chi connectivity index (χ1) is 7.63. The van der Waals surface area contributed by atoms with Crippen LogP contribution in [0, 0.1) is 0 Å². The minimum atomic E-state index is -0.788. The van der Waals surface area contributed by atoms with Gasteiger partial charge in [0.1, 0.15) is 5.75 Å². The smallest absolute Gasteiger partial charge is 0.303 e. The Bertz CT molecular complexity index is 347. The van der Waals surface area contributed by atoms with Gasteiger partial charge in [-0.2, -0.15) is 0 Å². The third-order valence-electron chi connectivity index (χ3n) is 2.67. The first-order valence-electron chi connectivity index (χ1n) is 5.64. The maximum Gasteiger partial charge on any atom is 0.303 e. The molecule has 1 aromatic rings. The highest BCUT2D eigenvalue weighted by atomic mass is 16.4. The molecule has 2 N–H and O–H groups in total. The summed E-state index contributed by atoms with van der Waals surface area (Å²) in [5, 5.41) is 18.2. The van der Waals surface area contributed by atoms with Gasteiger partial charge in [-0.25, -0.2) is 0 Å². The van der Waals surface area contributed by atoms with E-state index in [-0.39, 0.29) is 18.1 Å². The molecule has 0 amide bonds. The number of hydrogen-bond donors (Lipinski definition) is 2. The number of aromatic hydroxyl groups is 1. The molecule has 3 nitrogen and oxygen atoms in total. The van der Waals surface area contributed by atoms with Crippen molar-refractivity contribution in [3.05, 3.63) is 29.8 Å². The Morgan fingerprint density at radius 1 is 1.44 bits per heavy atom. The van der Waals surface area contributed by atoms with E-state index in [4.69, 9.17) is 5.11 Å². The average Bonchev–Trinajstić information content (AvgIpc) is 2.23. The van der Waals surface area contributed by atoms with Crippen LogP contribution in [0.4, 0.5) is 0 Å². The Morgan fingerprint density at radius 3 is 2.75 bits per heavy atom. The summed E-state index contributed by atoms with van der Waals surface area (Å²) in [6.45, 7) is 2.08. The van der Waals surface area contributed by atoms with Crippen LogP contribution in [-0.4, -0.2) is 16.2 Å². The second kappa shape index (κ2) is 6.16. The molecule has 0 radical (unpaired) electrons. The van der Waals surface area contributed by atoms with Crippen molar-refractivity contribution in [1.82, 2.24) is 0 Å². The van der Waals surface area contributed by atoms with E-state index in [1.165, 1.54) is 0 Å². The highest BCUT2D eigenvalue weighted by Gasteiger charge is 2.15. The Balaban J connectivity index is 2.78. The minimum absolute atomic E-state index is 0.00421. The van der Waals surface area contributed by atoms with E-state index >= 15 is 0 Å². The van der Waals surface area contributed by atoms with Crippen molar-refractivity contribution in [2.45, 2.75) is 38.5 Å². The second-order valence-electron chi connectivity index (χ2n) is 4.03. The molecule has 0 fully saturated rings. The zero-order valence-corrected chi connectivity index (χ0v) is 9.52. The van der Waals surface area contributed by atoms with Gasteiger partial charge in [0.25, 0.3) is 0 Å². The van der Waals surface area contributed by atoms with Gasteiger partial charge in [0.15, 0.2) is 0 Å². The van der Waals surface area contributed by atoms with E-state index in [1.807, 2.05) is 6.07 Å². The molecule has 0 aromatic heterocycles. The molecule has 0 bridgehead atoms. The first kappa shape index (κ1) is 12.6. The summed E-state index contributed by atoms with van der Waals surface area (Å²) in [7, 11) is 0. The first-order valence-corrected chi connectivity index (χ1v) is 5.64. The monoisotopic (exact) mass is 222 g/mol. The number of carboxylic acids is 1. The summed E-state index contributed by atoms with van der Waals surface area (Å²) in [5.41, 5.74) is 0.913. The van der Waals surface area contributed by atoms with Crippen molar-refractivity contribution in [3.8, 4) is 5.75 Å². The van der Waals surface area contributed by atoms with Gasteiger partial charge in [-0.15, -0.1) is 0 Å². The van der Waals surface area contributed by atoms with Gasteiger partial charge in [-0.1, -0.05) is 31.9 Å². The highest BCUT2D eigenvalue weighted by Crippen LogP contribution is 2.27. The topological polar surface area (TPSA) is 57.5 Å². The van der Waals surface area contributed by atoms with Gasteiger partial charge in [-0.05, 0) is 30.0 Å². The molecule has 1 unspecified atom stereocenters. The van der Waals surface area contributed by atoms with Crippen LogP contribution in [0.1, 0.15) is 44.1 Å². The van der Waals surface area contributed by atoms with Crippen LogP contribution in [-0.2, 0) is 4.79 Å². The summed E-state index contributed by atoms with van der Waals surface area (Å²) in [6, 6.07) is 6.89. The lowest BCUT2D eigenvalue weighted by atomic mass is 9.90. The number of carbonyl (C=O) groups is 1. The van der Waals surface area contributed by atoms with E-state index < -0.39 is 5.97 Å². The number of unbranched alkanes of at least 4 members (excludes halogenated alkanes) is 1. The number of hydrogen-bond acceptors (Lipinski definition) is 2. The van der Waals surface area contributed by atoms with Crippen molar-refractivity contribution < 1.29 is 15.0 Å². The van der Waals surface area contributed by atoms with Gasteiger partial charge >= 0.3 is 5.97 Å². The van der Waals surface area contributed by atoms with Crippen molar-refractivity contribution >= 4 is 5.97 Å². The fraction of sp³-hybridized carbons (Fsp3) is 0.462. The summed E-state index contributed by atoms with van der Waals surface area (Å²) in [5.74, 6) is -0.585. The molecular formula is C13H18O3. The Hall–Kier alpha value is -1.51. The normalized spacial score (nSPS) is 12.3. The molecule has 0 saturated heterocycles. The maximum absolute atomic E-state index is 10.8. The molecule has 88 valence electrons. The molecule has 16 heavy (non-hydrogen) atoms. The third kappa shape index (κ3) is 3.93. The van der Waals surface area contributed by atoms with Gasteiger partial charge < -0.3 is 10.2 Å². The van der Waals surface area contributed by atoms with Crippen LogP contribution in [0.2, 0.25) is 0 Å². The van der Waals surface area contributed by atoms with Crippen LogP contribution in [0.5, 0.6) is 5.75 Å². The molecule has 3 heteroatoms. The van der Waals surface area contributed by atoms with Crippen LogP contribution >= 0.6 is 0 Å². The van der Waals surface area contributed by atoms with E-state index in [0.717, 1.165) is 24.8 Å². The van der Waals surface area contributed by atoms with E-state index in [1.54, 1.807) is 18.2 Å². The van der Waals surface area contributed by atoms with Crippen LogP contribution < -0.4 is 0 Å². The molecule has 1 atom stereocenters. The number of carboxylic acid groups (broad SMARTS) is 1. The third-order valence-corrected chi connectivity index (χ3v) is 2.67. The van der Waals surface area contributed by atoms with Crippen molar-refractivity contribution in [2.75, 3.05) is 0 Å². The predicted molar refractivity (Wildman–Crippen MR) is 62.6 cm³/mol. The van der Waals surface area contributed by atoms with Crippen LogP contribution in [0.15, 0.2) is 24.3 Å². The number of rotatable bonds is 6. The molecule has 0 aliphatic rings. The minimum Gasteiger partial charge on any atom is -0.508 e. The predicted octanol–water partition coefficient (Wildman–Crippen LogP) is 3.14. The van der Waals surface area contributed by atoms with E-state index in [2.05, 4.69) is 6.92 Å². The number of benzene rings is 1. The SMILES string of the molecule is CCCCC(CC(=O)O)c1cccc(O)c1. The summed E-state index contributed by atoms with van der Waals surface area (Å²) < 4.78 is 0. The molecule has 1 aromatic carbocycles. The summed E-state index contributed by atoms with van der Waals surface area (Å²) >= 11 is 0. The average molecular weight is 222 g/mol. The maximum atomic E-state index is 10.8. The largest absolute Gasteiger partial charge is 0.508 e. The lowest BCUT2D eigenvalue weighted by molar-refractivity contribution is -0.137. The molecule has 0 saturated carbocycles. The zero-order chi connectivity index (χ0) is 12.0. The standard InChI is InChI=1S/C13H18O3/c1-2-3-5-11(9-13(15)16)10-6-4-7-12(14)8-10/h4,6-8,11,14H,2-3,5,9H2,1H3,(H,15,16). The Kier molecular flexibility index (Phi) is 4.83. The lowest BCUT2D eigenvalue weighted by Crippen LogP contribution is -2.06. The summed E-state index contributed by atoms with van der Waals surface area (Å²) in [4.78, 5) is 10.8. The van der Waals surface area contributed by atoms with Gasteiger partial charge in [0.2, 0.25) is 0 Å².